The maximum Gasteiger partial charge on any atom is 0.348 e. The molecule has 1 N–H and O–H groups in total. The molecule has 0 saturated carbocycles. The van der Waals surface area contributed by atoms with Crippen molar-refractivity contribution in [2.75, 3.05) is 7.11 Å². The van der Waals surface area contributed by atoms with E-state index in [2.05, 4.69) is 4.74 Å². The van der Waals surface area contributed by atoms with E-state index in [-0.39, 0.29) is 17.3 Å². The van der Waals surface area contributed by atoms with Crippen molar-refractivity contribution in [3.63, 3.8) is 0 Å². The highest BCUT2D eigenvalue weighted by Crippen LogP contribution is 2.16. The molecule has 0 saturated heterocycles. The van der Waals surface area contributed by atoms with Crippen molar-refractivity contribution >= 4 is 35.7 Å². The van der Waals surface area contributed by atoms with Crippen molar-refractivity contribution in [2.24, 2.45) is 0 Å². The van der Waals surface area contributed by atoms with Gasteiger partial charge in [-0.25, -0.2) is 9.59 Å². The van der Waals surface area contributed by atoms with Crippen LogP contribution in [0.2, 0.25) is 0 Å². The minimum Gasteiger partial charge on any atom is -0.477 e. The van der Waals surface area contributed by atoms with Crippen LogP contribution >= 0.6 is 23.7 Å². The van der Waals surface area contributed by atoms with Crippen molar-refractivity contribution in [1.29, 1.82) is 0 Å². The second kappa shape index (κ2) is 4.84. The molecule has 0 aromatic carbocycles. The number of hydrogen-bond donors (Lipinski definition) is 1. The van der Waals surface area contributed by atoms with Crippen molar-refractivity contribution in [1.82, 2.24) is 0 Å². The van der Waals surface area contributed by atoms with Crippen LogP contribution in [0.15, 0.2) is 12.1 Å². The summed E-state index contributed by atoms with van der Waals surface area (Å²) in [5.74, 6) is -1.54. The summed E-state index contributed by atoms with van der Waals surface area (Å²) in [5, 5.41) is 8.51. The Labute approximate surface area is 84.6 Å². The van der Waals surface area contributed by atoms with E-state index in [1.807, 2.05) is 0 Å². The van der Waals surface area contributed by atoms with Crippen molar-refractivity contribution < 1.29 is 19.4 Å². The maximum absolute atomic E-state index is 10.8. The minimum atomic E-state index is -1.03. The number of thiophene rings is 1. The Bertz CT molecular complexity index is 320. The Balaban J connectivity index is 0.00000144. The number of carboxylic acid groups (broad SMARTS) is 1. The Hall–Kier alpha value is -1.07. The molecule has 0 amide bonds. The van der Waals surface area contributed by atoms with Crippen LogP contribution in [0.1, 0.15) is 19.3 Å². The lowest BCUT2D eigenvalue weighted by atomic mass is 10.4. The molecule has 0 aliphatic heterocycles. The molecule has 0 unspecified atom stereocenters. The Morgan fingerprint density at radius 2 is 1.92 bits per heavy atom. The van der Waals surface area contributed by atoms with Crippen LogP contribution in [0.3, 0.4) is 0 Å². The van der Waals surface area contributed by atoms with Gasteiger partial charge in [-0.1, -0.05) is 0 Å². The fraction of sp³-hybridized carbons (Fsp3) is 0.143. The zero-order chi connectivity index (χ0) is 9.14. The highest BCUT2D eigenvalue weighted by atomic mass is 35.5. The van der Waals surface area contributed by atoms with Crippen LogP contribution in [0.5, 0.6) is 0 Å². The first-order valence-corrected chi connectivity index (χ1v) is 3.88. The van der Waals surface area contributed by atoms with E-state index in [0.717, 1.165) is 11.3 Å². The molecule has 0 aliphatic carbocycles. The number of halogens is 1. The zero-order valence-electron chi connectivity index (χ0n) is 6.64. The fourth-order valence-corrected chi connectivity index (χ4v) is 1.43. The van der Waals surface area contributed by atoms with Crippen molar-refractivity contribution in [2.45, 2.75) is 0 Å². The average molecular weight is 223 g/mol. The fourth-order valence-electron chi connectivity index (χ4n) is 0.663. The van der Waals surface area contributed by atoms with Gasteiger partial charge in [-0.15, -0.1) is 23.7 Å². The van der Waals surface area contributed by atoms with Crippen molar-refractivity contribution in [3.8, 4) is 0 Å². The first kappa shape index (κ1) is 11.9. The minimum absolute atomic E-state index is 0. The predicted molar refractivity (Wildman–Crippen MR) is 49.9 cm³/mol. The largest absolute Gasteiger partial charge is 0.477 e. The molecule has 0 aliphatic rings. The van der Waals surface area contributed by atoms with Crippen LogP contribution < -0.4 is 0 Å². The first-order chi connectivity index (χ1) is 5.65. The van der Waals surface area contributed by atoms with Gasteiger partial charge in [0, 0.05) is 0 Å². The number of carbonyl (C=O) groups excluding carboxylic acids is 1. The van der Waals surface area contributed by atoms with Gasteiger partial charge < -0.3 is 9.84 Å². The quantitative estimate of drug-likeness (QED) is 0.773. The van der Waals surface area contributed by atoms with Gasteiger partial charge in [0.2, 0.25) is 0 Å². The first-order valence-electron chi connectivity index (χ1n) is 3.06. The summed E-state index contributed by atoms with van der Waals surface area (Å²) in [4.78, 5) is 21.7. The summed E-state index contributed by atoms with van der Waals surface area (Å²) >= 11 is 0.900. The summed E-state index contributed by atoms with van der Waals surface area (Å²) in [6.07, 6.45) is 0. The molecule has 6 heteroatoms. The third-order valence-corrected chi connectivity index (χ3v) is 2.26. The Morgan fingerprint density at radius 3 is 2.31 bits per heavy atom. The normalized spacial score (nSPS) is 8.69. The topological polar surface area (TPSA) is 63.6 Å². The molecule has 0 atom stereocenters. The van der Waals surface area contributed by atoms with Crippen LogP contribution in [0.4, 0.5) is 0 Å². The van der Waals surface area contributed by atoms with E-state index in [0.29, 0.717) is 4.88 Å². The van der Waals surface area contributed by atoms with E-state index in [1.54, 1.807) is 0 Å². The summed E-state index contributed by atoms with van der Waals surface area (Å²) < 4.78 is 4.41. The predicted octanol–water partition coefficient (Wildman–Crippen LogP) is 1.65. The van der Waals surface area contributed by atoms with Gasteiger partial charge in [0.15, 0.2) is 0 Å². The van der Waals surface area contributed by atoms with Gasteiger partial charge in [0.05, 0.1) is 7.11 Å². The third-order valence-electron chi connectivity index (χ3n) is 1.20. The maximum atomic E-state index is 10.8. The van der Waals surface area contributed by atoms with Gasteiger partial charge in [-0.05, 0) is 12.1 Å². The second-order valence-corrected chi connectivity index (χ2v) is 3.04. The third kappa shape index (κ3) is 2.71. The number of methoxy groups -OCH3 is 1. The molecule has 72 valence electrons. The summed E-state index contributed by atoms with van der Waals surface area (Å²) in [6.45, 7) is 0. The van der Waals surface area contributed by atoms with Crippen LogP contribution in [-0.2, 0) is 4.74 Å². The van der Waals surface area contributed by atoms with Gasteiger partial charge >= 0.3 is 11.9 Å². The molecule has 0 fully saturated rings. The molecule has 13 heavy (non-hydrogen) atoms. The van der Waals surface area contributed by atoms with Crippen LogP contribution in [0, 0.1) is 0 Å². The van der Waals surface area contributed by atoms with E-state index in [1.165, 1.54) is 19.2 Å². The summed E-state index contributed by atoms with van der Waals surface area (Å²) in [5.41, 5.74) is 0. The summed E-state index contributed by atoms with van der Waals surface area (Å²) in [7, 11) is 1.25. The lowest BCUT2D eigenvalue weighted by molar-refractivity contribution is 0.0605. The van der Waals surface area contributed by atoms with Crippen LogP contribution in [-0.4, -0.2) is 24.2 Å². The molecule has 0 spiro atoms. The zero-order valence-corrected chi connectivity index (χ0v) is 8.28. The number of aromatic carboxylic acids is 1. The lowest BCUT2D eigenvalue weighted by Crippen LogP contribution is -1.97. The van der Waals surface area contributed by atoms with Gasteiger partial charge in [-0.2, -0.15) is 0 Å². The van der Waals surface area contributed by atoms with E-state index in [9.17, 15) is 9.59 Å². The molecule has 1 heterocycles. The summed E-state index contributed by atoms with van der Waals surface area (Å²) in [6, 6.07) is 2.80. The number of carbonyl (C=O) groups is 2. The molecule has 1 aromatic rings. The Morgan fingerprint density at radius 1 is 1.38 bits per heavy atom. The SMILES string of the molecule is COC(=O)c1ccc(C(=O)O)s1.Cl. The second-order valence-electron chi connectivity index (χ2n) is 1.96. The number of carboxylic acids is 1. The molecule has 1 aromatic heterocycles. The monoisotopic (exact) mass is 222 g/mol. The molecular formula is C7H7ClO4S. The van der Waals surface area contributed by atoms with Gasteiger partial charge in [-0.3, -0.25) is 0 Å². The average Bonchev–Trinajstić information content (AvgIpc) is 2.51. The molecule has 1 rings (SSSR count). The van der Waals surface area contributed by atoms with E-state index < -0.39 is 11.9 Å². The number of hydrogen-bond acceptors (Lipinski definition) is 4. The van der Waals surface area contributed by atoms with Crippen molar-refractivity contribution in [3.05, 3.63) is 21.9 Å². The molecule has 0 bridgehead atoms. The van der Waals surface area contributed by atoms with Gasteiger partial charge in [0.25, 0.3) is 0 Å². The van der Waals surface area contributed by atoms with E-state index >= 15 is 0 Å². The molecule has 0 radical (unpaired) electrons. The number of rotatable bonds is 2. The molecule has 4 nitrogen and oxygen atoms in total. The smallest absolute Gasteiger partial charge is 0.348 e. The highest BCUT2D eigenvalue weighted by Gasteiger charge is 2.12. The Kier molecular flexibility index (Phi) is 4.44. The standard InChI is InChI=1S/C7H6O4S.ClH/c1-11-7(10)5-3-2-4(12-5)6(8)9;/h2-3H,1H3,(H,8,9);1H. The van der Waals surface area contributed by atoms with Crippen LogP contribution in [0.25, 0.3) is 0 Å². The number of esters is 1. The van der Waals surface area contributed by atoms with Gasteiger partial charge in [0.1, 0.15) is 9.75 Å². The molecular weight excluding hydrogens is 216 g/mol. The lowest BCUT2D eigenvalue weighted by Gasteiger charge is -1.91. The van der Waals surface area contributed by atoms with E-state index in [4.69, 9.17) is 5.11 Å². The highest BCUT2D eigenvalue weighted by molar-refractivity contribution is 7.15. The number of ether oxygens (including phenoxy) is 1.